The van der Waals surface area contributed by atoms with Crippen LogP contribution in [0.2, 0.25) is 0 Å². The van der Waals surface area contributed by atoms with E-state index >= 15 is 0 Å². The van der Waals surface area contributed by atoms with Crippen molar-refractivity contribution in [1.82, 2.24) is 0 Å². The first-order valence-electron chi connectivity index (χ1n) is 8.17. The molecule has 1 fully saturated rings. The molecule has 4 heteroatoms. The van der Waals surface area contributed by atoms with E-state index in [1.807, 2.05) is 12.3 Å². The van der Waals surface area contributed by atoms with E-state index in [9.17, 15) is 0 Å². The van der Waals surface area contributed by atoms with Gasteiger partial charge in [-0.3, -0.25) is 4.99 Å². The molecule has 1 atom stereocenters. The van der Waals surface area contributed by atoms with Crippen LogP contribution < -0.4 is 9.47 Å². The monoisotopic (exact) mass is 303 g/mol. The molecule has 4 nitrogen and oxygen atoms in total. The van der Waals surface area contributed by atoms with Gasteiger partial charge in [-0.15, -0.1) is 0 Å². The van der Waals surface area contributed by atoms with Crippen molar-refractivity contribution in [1.29, 1.82) is 0 Å². The van der Waals surface area contributed by atoms with Crippen LogP contribution in [-0.2, 0) is 11.2 Å². The van der Waals surface area contributed by atoms with Gasteiger partial charge in [-0.05, 0) is 48.4 Å². The lowest BCUT2D eigenvalue weighted by molar-refractivity contribution is 0.170. The van der Waals surface area contributed by atoms with E-state index in [2.05, 4.69) is 6.07 Å². The number of aliphatic imine (C=N–C) groups is 1. The van der Waals surface area contributed by atoms with Crippen molar-refractivity contribution in [3.63, 3.8) is 0 Å². The molecule has 0 saturated heterocycles. The smallest absolute Gasteiger partial charge is 0.161 e. The Kier molecular flexibility index (Phi) is 4.98. The molecule has 1 unspecified atom stereocenters. The molecular weight excluding hydrogens is 278 g/mol. The maximum Gasteiger partial charge on any atom is 0.161 e. The van der Waals surface area contributed by atoms with Gasteiger partial charge in [0.15, 0.2) is 11.5 Å². The number of benzene rings is 1. The van der Waals surface area contributed by atoms with Crippen molar-refractivity contribution in [3.8, 4) is 11.5 Å². The Morgan fingerprint density at radius 2 is 2.00 bits per heavy atom. The highest BCUT2D eigenvalue weighted by Gasteiger charge is 2.29. The summed E-state index contributed by atoms with van der Waals surface area (Å²) >= 11 is 0. The molecule has 0 N–H and O–H groups in total. The van der Waals surface area contributed by atoms with E-state index in [0.717, 1.165) is 35.8 Å². The Balaban J connectivity index is 1.73. The topological polar surface area (TPSA) is 40.0 Å². The van der Waals surface area contributed by atoms with Gasteiger partial charge < -0.3 is 14.2 Å². The predicted octanol–water partition coefficient (Wildman–Crippen LogP) is 3.25. The number of nitrogens with zero attached hydrogens (tertiary/aromatic N) is 1. The molecule has 1 aliphatic carbocycles. The molecule has 3 rings (SSSR count). The third-order valence-electron chi connectivity index (χ3n) is 4.70. The minimum Gasteiger partial charge on any atom is -0.493 e. The number of methoxy groups -OCH3 is 2. The second kappa shape index (κ2) is 7.14. The maximum atomic E-state index is 5.88. The molecule has 22 heavy (non-hydrogen) atoms. The molecule has 0 aromatic heterocycles. The third-order valence-corrected chi connectivity index (χ3v) is 4.70. The standard InChI is InChI=1S/C18H25NO3/c1-20-7-4-8-22-18-10-14-9-16(13-5-3-6-13)19-12-15(14)11-17(18)21-2/h10-13,16H,3-9H2,1-2H3. The first kappa shape index (κ1) is 15.3. The van der Waals surface area contributed by atoms with Crippen LogP contribution in [0.4, 0.5) is 0 Å². The van der Waals surface area contributed by atoms with Crippen molar-refractivity contribution in [2.75, 3.05) is 27.4 Å². The number of ether oxygens (including phenoxy) is 3. The zero-order chi connectivity index (χ0) is 15.4. The van der Waals surface area contributed by atoms with E-state index < -0.39 is 0 Å². The first-order valence-corrected chi connectivity index (χ1v) is 8.17. The van der Waals surface area contributed by atoms with Gasteiger partial charge in [0.05, 0.1) is 19.8 Å². The van der Waals surface area contributed by atoms with Crippen molar-refractivity contribution in [3.05, 3.63) is 23.3 Å². The largest absolute Gasteiger partial charge is 0.493 e. The fraction of sp³-hybridized carbons (Fsp3) is 0.611. The summed E-state index contributed by atoms with van der Waals surface area (Å²) in [5.74, 6) is 2.39. The van der Waals surface area contributed by atoms with Crippen LogP contribution in [0, 0.1) is 5.92 Å². The van der Waals surface area contributed by atoms with Gasteiger partial charge in [0, 0.05) is 26.4 Å². The van der Waals surface area contributed by atoms with Crippen molar-refractivity contribution < 1.29 is 14.2 Å². The highest BCUT2D eigenvalue weighted by atomic mass is 16.5. The molecule has 0 radical (unpaired) electrons. The van der Waals surface area contributed by atoms with E-state index in [4.69, 9.17) is 19.2 Å². The number of rotatable bonds is 7. The normalized spacial score (nSPS) is 20.4. The lowest BCUT2D eigenvalue weighted by Crippen LogP contribution is -2.29. The summed E-state index contributed by atoms with van der Waals surface area (Å²) in [6, 6.07) is 4.63. The fourth-order valence-corrected chi connectivity index (χ4v) is 3.14. The van der Waals surface area contributed by atoms with Gasteiger partial charge in [0.2, 0.25) is 0 Å². The van der Waals surface area contributed by atoms with Crippen LogP contribution in [0.15, 0.2) is 17.1 Å². The van der Waals surface area contributed by atoms with Crippen LogP contribution in [0.3, 0.4) is 0 Å². The molecule has 0 bridgehead atoms. The number of hydrogen-bond acceptors (Lipinski definition) is 4. The van der Waals surface area contributed by atoms with Crippen LogP contribution in [-0.4, -0.2) is 39.7 Å². The fourth-order valence-electron chi connectivity index (χ4n) is 3.14. The average molecular weight is 303 g/mol. The summed E-state index contributed by atoms with van der Waals surface area (Å²) in [5, 5.41) is 0. The number of hydrogen-bond donors (Lipinski definition) is 0. The lowest BCUT2D eigenvalue weighted by Gasteiger charge is -2.33. The molecule has 1 aromatic rings. The quantitative estimate of drug-likeness (QED) is 0.726. The summed E-state index contributed by atoms with van der Waals surface area (Å²) < 4.78 is 16.4. The van der Waals surface area contributed by atoms with E-state index in [0.29, 0.717) is 19.3 Å². The van der Waals surface area contributed by atoms with Gasteiger partial charge in [-0.1, -0.05) is 6.42 Å². The molecule has 1 aliphatic heterocycles. The van der Waals surface area contributed by atoms with E-state index in [1.165, 1.54) is 24.8 Å². The van der Waals surface area contributed by atoms with Crippen LogP contribution >= 0.6 is 0 Å². The molecule has 1 heterocycles. The molecule has 120 valence electrons. The Morgan fingerprint density at radius 3 is 2.68 bits per heavy atom. The SMILES string of the molecule is COCCCOc1cc2c(cc1OC)C=NC(C1CCC1)C2. The maximum absolute atomic E-state index is 5.88. The van der Waals surface area contributed by atoms with Crippen molar-refractivity contribution in [2.24, 2.45) is 10.9 Å². The van der Waals surface area contributed by atoms with Gasteiger partial charge in [-0.2, -0.15) is 0 Å². The van der Waals surface area contributed by atoms with Gasteiger partial charge >= 0.3 is 0 Å². The van der Waals surface area contributed by atoms with Crippen molar-refractivity contribution in [2.45, 2.75) is 38.1 Å². The van der Waals surface area contributed by atoms with Crippen molar-refractivity contribution >= 4 is 6.21 Å². The van der Waals surface area contributed by atoms with Crippen LogP contribution in [0.5, 0.6) is 11.5 Å². The minimum absolute atomic E-state index is 0.455. The zero-order valence-corrected chi connectivity index (χ0v) is 13.5. The molecule has 2 aliphatic rings. The van der Waals surface area contributed by atoms with E-state index in [1.54, 1.807) is 14.2 Å². The van der Waals surface area contributed by atoms with Gasteiger partial charge in [0.1, 0.15) is 0 Å². The second-order valence-electron chi connectivity index (χ2n) is 6.14. The molecule has 1 aromatic carbocycles. The third kappa shape index (κ3) is 3.27. The second-order valence-corrected chi connectivity index (χ2v) is 6.14. The molecule has 0 spiro atoms. The highest BCUT2D eigenvalue weighted by molar-refractivity contribution is 5.84. The number of fused-ring (bicyclic) bond motifs is 1. The Labute approximate surface area is 132 Å². The molecular formula is C18H25NO3. The summed E-state index contributed by atoms with van der Waals surface area (Å²) in [7, 11) is 3.39. The van der Waals surface area contributed by atoms with Crippen LogP contribution in [0.1, 0.15) is 36.8 Å². The summed E-state index contributed by atoms with van der Waals surface area (Å²) in [6.45, 7) is 1.35. The first-order chi connectivity index (χ1) is 10.8. The van der Waals surface area contributed by atoms with E-state index in [-0.39, 0.29) is 0 Å². The summed E-state index contributed by atoms with van der Waals surface area (Å²) in [6.07, 6.45) is 7.93. The molecule has 1 saturated carbocycles. The predicted molar refractivity (Wildman–Crippen MR) is 87.4 cm³/mol. The molecule has 0 amide bonds. The van der Waals surface area contributed by atoms with Crippen LogP contribution in [0.25, 0.3) is 0 Å². The lowest BCUT2D eigenvalue weighted by atomic mass is 9.76. The average Bonchev–Trinajstić information content (AvgIpc) is 2.49. The van der Waals surface area contributed by atoms with Gasteiger partial charge in [0.25, 0.3) is 0 Å². The van der Waals surface area contributed by atoms with Gasteiger partial charge in [-0.25, -0.2) is 0 Å². The minimum atomic E-state index is 0.455. The Hall–Kier alpha value is -1.55. The highest BCUT2D eigenvalue weighted by Crippen LogP contribution is 2.37. The summed E-state index contributed by atoms with van der Waals surface area (Å²) in [4.78, 5) is 4.75. The Morgan fingerprint density at radius 1 is 1.14 bits per heavy atom. The zero-order valence-electron chi connectivity index (χ0n) is 13.5. The summed E-state index contributed by atoms with van der Waals surface area (Å²) in [5.41, 5.74) is 2.49. The Bertz CT molecular complexity index is 537.